The molecule has 0 radical (unpaired) electrons. The molecule has 1 aromatic heterocycles. The van der Waals surface area contributed by atoms with Crippen molar-refractivity contribution in [2.75, 3.05) is 7.11 Å². The minimum atomic E-state index is -2.75. The third-order valence-electron chi connectivity index (χ3n) is 2.19. The molecule has 0 aliphatic heterocycles. The normalized spacial score (nSPS) is 10.7. The summed E-state index contributed by atoms with van der Waals surface area (Å²) in [4.78, 5) is 14.8. The van der Waals surface area contributed by atoms with E-state index in [9.17, 15) is 13.6 Å². The lowest BCUT2D eigenvalue weighted by molar-refractivity contribution is -0.139. The number of pyridine rings is 1. The second kappa shape index (κ2) is 6.02. The number of aromatic nitrogens is 1. The molecule has 94 valence electrons. The van der Waals surface area contributed by atoms with Gasteiger partial charge in [0.2, 0.25) is 0 Å². The zero-order valence-corrected chi connectivity index (χ0v) is 10.6. The number of ether oxygens (including phenoxy) is 1. The van der Waals surface area contributed by atoms with E-state index in [0.29, 0.717) is 10.0 Å². The van der Waals surface area contributed by atoms with Gasteiger partial charge in [-0.15, -0.1) is 0 Å². The smallest absolute Gasteiger partial charge is 0.310 e. The van der Waals surface area contributed by atoms with E-state index in [1.807, 2.05) is 0 Å². The van der Waals surface area contributed by atoms with Crippen LogP contribution in [0.15, 0.2) is 10.7 Å². The van der Waals surface area contributed by atoms with Crippen molar-refractivity contribution >= 4 is 21.9 Å². The number of carbonyl (C=O) groups excluding carboxylic acids is 1. The van der Waals surface area contributed by atoms with Crippen LogP contribution in [0.5, 0.6) is 0 Å². The van der Waals surface area contributed by atoms with E-state index in [4.69, 9.17) is 5.73 Å². The summed E-state index contributed by atoms with van der Waals surface area (Å²) >= 11 is 3.16. The number of alkyl halides is 2. The number of carbonyl (C=O) groups is 1. The largest absolute Gasteiger partial charge is 0.469 e. The monoisotopic (exact) mass is 308 g/mol. The molecule has 0 amide bonds. The average molecular weight is 309 g/mol. The highest BCUT2D eigenvalue weighted by Crippen LogP contribution is 2.29. The van der Waals surface area contributed by atoms with Gasteiger partial charge >= 0.3 is 5.97 Å². The molecular weight excluding hydrogens is 298 g/mol. The van der Waals surface area contributed by atoms with E-state index < -0.39 is 18.1 Å². The van der Waals surface area contributed by atoms with Crippen molar-refractivity contribution in [1.29, 1.82) is 0 Å². The Balaban J connectivity index is 3.24. The number of nitrogens with zero attached hydrogens (tertiary/aromatic N) is 1. The molecule has 0 atom stereocenters. The van der Waals surface area contributed by atoms with Gasteiger partial charge in [-0.3, -0.25) is 9.78 Å². The second-order valence-corrected chi connectivity index (χ2v) is 4.01. The molecule has 4 nitrogen and oxygen atoms in total. The van der Waals surface area contributed by atoms with Gasteiger partial charge in [-0.2, -0.15) is 0 Å². The van der Waals surface area contributed by atoms with Gasteiger partial charge in [-0.05, 0) is 5.56 Å². The van der Waals surface area contributed by atoms with E-state index >= 15 is 0 Å². The summed E-state index contributed by atoms with van der Waals surface area (Å²) in [5.41, 5.74) is 5.69. The molecule has 0 aliphatic carbocycles. The third-order valence-corrected chi connectivity index (χ3v) is 3.18. The molecule has 0 fully saturated rings. The van der Waals surface area contributed by atoms with Gasteiger partial charge in [-0.25, -0.2) is 8.78 Å². The predicted octanol–water partition coefficient (Wildman–Crippen LogP) is 1.96. The Morgan fingerprint density at radius 1 is 1.65 bits per heavy atom. The number of methoxy groups -OCH3 is 1. The lowest BCUT2D eigenvalue weighted by atomic mass is 10.1. The van der Waals surface area contributed by atoms with E-state index in [0.717, 1.165) is 0 Å². The van der Waals surface area contributed by atoms with Gasteiger partial charge in [0, 0.05) is 22.8 Å². The fraction of sp³-hybridized carbons (Fsp3) is 0.400. The van der Waals surface area contributed by atoms with Crippen molar-refractivity contribution in [2.24, 2.45) is 5.73 Å². The number of rotatable bonds is 4. The number of nitrogens with two attached hydrogens (primary N) is 1. The van der Waals surface area contributed by atoms with Gasteiger partial charge < -0.3 is 10.5 Å². The zero-order chi connectivity index (χ0) is 13.0. The first-order valence-electron chi connectivity index (χ1n) is 4.72. The molecule has 7 heteroatoms. The average Bonchev–Trinajstić information content (AvgIpc) is 2.30. The molecule has 0 saturated heterocycles. The van der Waals surface area contributed by atoms with Gasteiger partial charge in [0.1, 0.15) is 5.69 Å². The van der Waals surface area contributed by atoms with Gasteiger partial charge in [0.15, 0.2) is 0 Å². The first kappa shape index (κ1) is 14.0. The Morgan fingerprint density at radius 2 is 2.29 bits per heavy atom. The van der Waals surface area contributed by atoms with Crippen LogP contribution in [-0.2, 0) is 22.5 Å². The Hall–Kier alpha value is -1.08. The lowest BCUT2D eigenvalue weighted by Crippen LogP contribution is -2.12. The highest BCUT2D eigenvalue weighted by molar-refractivity contribution is 9.10. The SMILES string of the molecule is COC(=O)Cc1c(C(F)F)ncc(CN)c1Br. The van der Waals surface area contributed by atoms with Crippen LogP contribution in [0.4, 0.5) is 8.78 Å². The molecular formula is C10H11BrF2N2O2. The maximum Gasteiger partial charge on any atom is 0.310 e. The molecule has 0 aliphatic rings. The second-order valence-electron chi connectivity index (χ2n) is 3.22. The number of hydrogen-bond acceptors (Lipinski definition) is 4. The summed E-state index contributed by atoms with van der Waals surface area (Å²) in [7, 11) is 1.19. The molecule has 1 aromatic rings. The highest BCUT2D eigenvalue weighted by atomic mass is 79.9. The third kappa shape index (κ3) is 3.19. The van der Waals surface area contributed by atoms with Gasteiger partial charge in [0.05, 0.1) is 13.5 Å². The highest BCUT2D eigenvalue weighted by Gasteiger charge is 2.21. The van der Waals surface area contributed by atoms with Crippen LogP contribution in [-0.4, -0.2) is 18.1 Å². The molecule has 2 N–H and O–H groups in total. The molecule has 17 heavy (non-hydrogen) atoms. The summed E-state index contributed by atoms with van der Waals surface area (Å²) < 4.78 is 30.3. The minimum Gasteiger partial charge on any atom is -0.469 e. The van der Waals surface area contributed by atoms with Crippen LogP contribution in [0.25, 0.3) is 0 Å². The number of esters is 1. The molecule has 0 bridgehead atoms. The maximum absolute atomic E-state index is 12.7. The number of halogens is 3. The quantitative estimate of drug-likeness (QED) is 0.864. The minimum absolute atomic E-state index is 0.120. The Morgan fingerprint density at radius 3 is 2.76 bits per heavy atom. The maximum atomic E-state index is 12.7. The summed E-state index contributed by atoms with van der Waals surface area (Å²) in [5.74, 6) is -0.608. The summed E-state index contributed by atoms with van der Waals surface area (Å²) in [6, 6.07) is 0. The fourth-order valence-corrected chi connectivity index (χ4v) is 1.91. The van der Waals surface area contributed by atoms with E-state index in [1.165, 1.54) is 13.3 Å². The van der Waals surface area contributed by atoms with Crippen molar-refractivity contribution in [3.63, 3.8) is 0 Å². The lowest BCUT2D eigenvalue weighted by Gasteiger charge is -2.12. The molecule has 0 unspecified atom stereocenters. The van der Waals surface area contributed by atoms with Crippen LogP contribution in [0.2, 0.25) is 0 Å². The first-order chi connectivity index (χ1) is 8.01. The molecule has 1 rings (SSSR count). The first-order valence-corrected chi connectivity index (χ1v) is 5.51. The van der Waals surface area contributed by atoms with Crippen molar-refractivity contribution in [1.82, 2.24) is 4.98 Å². The molecule has 0 aromatic carbocycles. The Kier molecular flexibility index (Phi) is 4.95. The van der Waals surface area contributed by atoms with E-state index in [2.05, 4.69) is 25.7 Å². The van der Waals surface area contributed by atoms with Gasteiger partial charge in [-0.1, -0.05) is 15.9 Å². The van der Waals surface area contributed by atoms with Crippen LogP contribution in [0, 0.1) is 0 Å². The van der Waals surface area contributed by atoms with Gasteiger partial charge in [0.25, 0.3) is 6.43 Å². The Bertz CT molecular complexity index is 427. The summed E-state index contributed by atoms with van der Waals surface area (Å²) in [5, 5.41) is 0. The van der Waals surface area contributed by atoms with E-state index in [1.54, 1.807) is 0 Å². The number of hydrogen-bond donors (Lipinski definition) is 1. The van der Waals surface area contributed by atoms with Crippen LogP contribution < -0.4 is 5.73 Å². The molecule has 0 saturated carbocycles. The Labute approximate surface area is 105 Å². The fourth-order valence-electron chi connectivity index (χ4n) is 1.30. The summed E-state index contributed by atoms with van der Waals surface area (Å²) in [6.07, 6.45) is -1.75. The van der Waals surface area contributed by atoms with E-state index in [-0.39, 0.29) is 18.5 Å². The van der Waals surface area contributed by atoms with Crippen LogP contribution in [0.1, 0.15) is 23.2 Å². The zero-order valence-electron chi connectivity index (χ0n) is 9.04. The van der Waals surface area contributed by atoms with Crippen molar-refractivity contribution in [2.45, 2.75) is 19.4 Å². The van der Waals surface area contributed by atoms with Crippen LogP contribution in [0.3, 0.4) is 0 Å². The summed E-state index contributed by atoms with van der Waals surface area (Å²) in [6.45, 7) is 0.144. The van der Waals surface area contributed by atoms with Crippen molar-refractivity contribution < 1.29 is 18.3 Å². The van der Waals surface area contributed by atoms with Crippen LogP contribution >= 0.6 is 15.9 Å². The topological polar surface area (TPSA) is 65.2 Å². The van der Waals surface area contributed by atoms with Crippen molar-refractivity contribution in [3.8, 4) is 0 Å². The predicted molar refractivity (Wildman–Crippen MR) is 60.5 cm³/mol. The molecule has 1 heterocycles. The standard InChI is InChI=1S/C10H11BrF2N2O2/c1-17-7(16)2-6-8(11)5(3-14)4-15-9(6)10(12)13/h4,10H,2-3,14H2,1H3. The molecule has 0 spiro atoms. The van der Waals surface area contributed by atoms with Crippen molar-refractivity contribution in [3.05, 3.63) is 27.5 Å².